The van der Waals surface area contributed by atoms with Crippen molar-refractivity contribution in [1.29, 1.82) is 0 Å². The van der Waals surface area contributed by atoms with Gasteiger partial charge in [-0.25, -0.2) is 0 Å². The normalized spacial score (nSPS) is 16.8. The molecular formula is C16H17BrN2O. The molecule has 3 nitrogen and oxygen atoms in total. The quantitative estimate of drug-likeness (QED) is 0.830. The van der Waals surface area contributed by atoms with Crippen LogP contribution in [0, 0.1) is 0 Å². The number of nitrogens with one attached hydrogen (secondary N) is 1. The smallest absolute Gasteiger partial charge is 0.122 e. The molecule has 0 aromatic heterocycles. The summed E-state index contributed by atoms with van der Waals surface area (Å²) in [5, 5.41) is 3.58. The van der Waals surface area contributed by atoms with E-state index in [1.165, 1.54) is 11.1 Å². The molecule has 1 aliphatic rings. The zero-order chi connectivity index (χ0) is 14.1. The lowest BCUT2D eigenvalue weighted by atomic mass is 10.1. The lowest BCUT2D eigenvalue weighted by Crippen LogP contribution is -2.07. The van der Waals surface area contributed by atoms with E-state index in [4.69, 9.17) is 10.5 Å². The molecule has 0 saturated carbocycles. The summed E-state index contributed by atoms with van der Waals surface area (Å²) in [5.74, 6) is 0.845. The molecule has 0 saturated heterocycles. The van der Waals surface area contributed by atoms with Gasteiger partial charge in [-0.2, -0.15) is 0 Å². The second-order valence-electron chi connectivity index (χ2n) is 5.07. The zero-order valence-corrected chi connectivity index (χ0v) is 12.9. The highest BCUT2D eigenvalue weighted by Gasteiger charge is 2.22. The highest BCUT2D eigenvalue weighted by molar-refractivity contribution is 9.10. The highest BCUT2D eigenvalue weighted by Crippen LogP contribution is 2.36. The number of aryl methyl sites for hydroxylation is 1. The minimum absolute atomic E-state index is 0.338. The van der Waals surface area contributed by atoms with Crippen molar-refractivity contribution in [3.8, 4) is 5.75 Å². The number of benzene rings is 2. The number of halogens is 1. The summed E-state index contributed by atoms with van der Waals surface area (Å²) in [6, 6.07) is 12.6. The van der Waals surface area contributed by atoms with Crippen LogP contribution in [0.5, 0.6) is 5.75 Å². The van der Waals surface area contributed by atoms with Gasteiger partial charge in [-0.05, 0) is 48.2 Å². The first kappa shape index (κ1) is 13.3. The number of fused-ring (bicyclic) bond motifs is 1. The Morgan fingerprint density at radius 1 is 1.25 bits per heavy atom. The Morgan fingerprint density at radius 3 is 2.90 bits per heavy atom. The fourth-order valence-electron chi connectivity index (χ4n) is 2.75. The van der Waals surface area contributed by atoms with Crippen molar-refractivity contribution in [2.75, 3.05) is 18.2 Å². The van der Waals surface area contributed by atoms with Gasteiger partial charge in [-0.3, -0.25) is 0 Å². The van der Waals surface area contributed by atoms with E-state index in [1.807, 2.05) is 18.2 Å². The van der Waals surface area contributed by atoms with Crippen molar-refractivity contribution in [1.82, 2.24) is 0 Å². The molecule has 20 heavy (non-hydrogen) atoms. The van der Waals surface area contributed by atoms with E-state index in [2.05, 4.69) is 39.4 Å². The Hall–Kier alpha value is -1.68. The fraction of sp³-hybridized carbons (Fsp3) is 0.250. The Bertz CT molecular complexity index is 642. The third-order valence-corrected chi connectivity index (χ3v) is 4.15. The molecule has 0 fully saturated rings. The maximum Gasteiger partial charge on any atom is 0.122 e. The van der Waals surface area contributed by atoms with Crippen molar-refractivity contribution in [2.24, 2.45) is 0 Å². The van der Waals surface area contributed by atoms with Gasteiger partial charge < -0.3 is 15.8 Å². The average molecular weight is 333 g/mol. The third kappa shape index (κ3) is 2.61. The van der Waals surface area contributed by atoms with Crippen LogP contribution in [0.25, 0.3) is 0 Å². The number of hydrogen-bond donors (Lipinski definition) is 2. The Morgan fingerprint density at radius 2 is 2.10 bits per heavy atom. The van der Waals surface area contributed by atoms with Gasteiger partial charge in [0, 0.05) is 21.9 Å². The summed E-state index contributed by atoms with van der Waals surface area (Å²) < 4.78 is 6.31. The second kappa shape index (κ2) is 5.37. The largest absolute Gasteiger partial charge is 0.497 e. The van der Waals surface area contributed by atoms with Crippen LogP contribution in [0.3, 0.4) is 0 Å². The number of ether oxygens (including phenoxy) is 1. The molecule has 2 aromatic carbocycles. The number of hydrogen-bond acceptors (Lipinski definition) is 3. The van der Waals surface area contributed by atoms with Crippen LogP contribution >= 0.6 is 15.9 Å². The topological polar surface area (TPSA) is 47.3 Å². The van der Waals surface area contributed by atoms with E-state index in [1.54, 1.807) is 7.11 Å². The monoisotopic (exact) mass is 332 g/mol. The van der Waals surface area contributed by atoms with E-state index >= 15 is 0 Å². The van der Waals surface area contributed by atoms with Crippen molar-refractivity contribution in [3.05, 3.63) is 52.0 Å². The van der Waals surface area contributed by atoms with Crippen molar-refractivity contribution in [3.63, 3.8) is 0 Å². The molecule has 104 valence electrons. The van der Waals surface area contributed by atoms with E-state index < -0.39 is 0 Å². The third-order valence-electron chi connectivity index (χ3n) is 3.69. The van der Waals surface area contributed by atoms with Crippen LogP contribution < -0.4 is 15.8 Å². The Labute approximate surface area is 127 Å². The van der Waals surface area contributed by atoms with Gasteiger partial charge in [0.2, 0.25) is 0 Å². The van der Waals surface area contributed by atoms with Gasteiger partial charge in [0.1, 0.15) is 5.75 Å². The van der Waals surface area contributed by atoms with E-state index in [0.717, 1.165) is 34.4 Å². The summed E-state index contributed by atoms with van der Waals surface area (Å²) in [4.78, 5) is 0. The summed E-state index contributed by atoms with van der Waals surface area (Å²) in [6.07, 6.45) is 2.16. The molecule has 4 heteroatoms. The summed E-state index contributed by atoms with van der Waals surface area (Å²) in [7, 11) is 1.68. The summed E-state index contributed by atoms with van der Waals surface area (Å²) in [5.41, 5.74) is 10.4. The average Bonchev–Trinajstić information content (AvgIpc) is 2.80. The molecule has 1 aliphatic carbocycles. The lowest BCUT2D eigenvalue weighted by Gasteiger charge is -2.16. The molecule has 0 heterocycles. The first-order valence-corrected chi connectivity index (χ1v) is 7.44. The molecule has 0 spiro atoms. The number of anilines is 2. The fourth-order valence-corrected chi connectivity index (χ4v) is 3.22. The standard InChI is InChI=1S/C16H17BrN2O/c1-20-14-8-11(17)7-13(9-14)19-16-5-2-10-6-12(18)3-4-15(10)16/h3-4,6-9,16,19H,2,5,18H2,1H3. The molecule has 0 aliphatic heterocycles. The molecular weight excluding hydrogens is 316 g/mol. The minimum atomic E-state index is 0.338. The predicted octanol–water partition coefficient (Wildman–Crippen LogP) is 4.14. The molecule has 3 N–H and O–H groups in total. The van der Waals surface area contributed by atoms with Gasteiger partial charge >= 0.3 is 0 Å². The SMILES string of the molecule is COc1cc(Br)cc(NC2CCc3cc(N)ccc32)c1. The molecule has 1 atom stereocenters. The van der Waals surface area contributed by atoms with Crippen LogP contribution in [0.4, 0.5) is 11.4 Å². The highest BCUT2D eigenvalue weighted by atomic mass is 79.9. The van der Waals surface area contributed by atoms with Crippen LogP contribution in [0.15, 0.2) is 40.9 Å². The lowest BCUT2D eigenvalue weighted by molar-refractivity contribution is 0.414. The number of nitrogens with two attached hydrogens (primary N) is 1. The van der Waals surface area contributed by atoms with Crippen LogP contribution in [0.2, 0.25) is 0 Å². The molecule has 3 rings (SSSR count). The van der Waals surface area contributed by atoms with Gasteiger partial charge in [0.15, 0.2) is 0 Å². The predicted molar refractivity (Wildman–Crippen MR) is 86.2 cm³/mol. The van der Waals surface area contributed by atoms with Gasteiger partial charge in [-0.1, -0.05) is 22.0 Å². The van der Waals surface area contributed by atoms with Gasteiger partial charge in [0.05, 0.1) is 13.2 Å². The number of rotatable bonds is 3. The zero-order valence-electron chi connectivity index (χ0n) is 11.3. The van der Waals surface area contributed by atoms with Gasteiger partial charge in [0.25, 0.3) is 0 Å². The van der Waals surface area contributed by atoms with E-state index in [9.17, 15) is 0 Å². The second-order valence-corrected chi connectivity index (χ2v) is 5.99. The first-order valence-electron chi connectivity index (χ1n) is 6.65. The maximum atomic E-state index is 5.84. The first-order chi connectivity index (χ1) is 9.65. The summed E-state index contributed by atoms with van der Waals surface area (Å²) in [6.45, 7) is 0. The van der Waals surface area contributed by atoms with Crippen LogP contribution in [-0.4, -0.2) is 7.11 Å². The Kier molecular flexibility index (Phi) is 3.57. The minimum Gasteiger partial charge on any atom is -0.497 e. The van der Waals surface area contributed by atoms with Crippen molar-refractivity contribution in [2.45, 2.75) is 18.9 Å². The molecule has 0 radical (unpaired) electrons. The van der Waals surface area contributed by atoms with Crippen LogP contribution in [0.1, 0.15) is 23.6 Å². The molecule has 1 unspecified atom stereocenters. The van der Waals surface area contributed by atoms with Crippen LogP contribution in [-0.2, 0) is 6.42 Å². The maximum absolute atomic E-state index is 5.84. The Balaban J connectivity index is 1.85. The van der Waals surface area contributed by atoms with Crippen molar-refractivity contribution < 1.29 is 4.74 Å². The molecule has 0 amide bonds. The summed E-state index contributed by atoms with van der Waals surface area (Å²) >= 11 is 3.51. The number of methoxy groups -OCH3 is 1. The number of nitrogen functional groups attached to an aromatic ring is 1. The molecule has 0 bridgehead atoms. The van der Waals surface area contributed by atoms with Gasteiger partial charge in [-0.15, -0.1) is 0 Å². The van der Waals surface area contributed by atoms with Crippen molar-refractivity contribution >= 4 is 27.3 Å². The molecule has 2 aromatic rings. The van der Waals surface area contributed by atoms with E-state index in [0.29, 0.717) is 6.04 Å². The van der Waals surface area contributed by atoms with E-state index in [-0.39, 0.29) is 0 Å².